The van der Waals surface area contributed by atoms with Crippen molar-refractivity contribution in [2.45, 2.75) is 6.92 Å². The molecule has 2 amide bonds. The van der Waals surface area contributed by atoms with Crippen molar-refractivity contribution >= 4 is 17.4 Å². The number of nitrogens with zero attached hydrogens (tertiary/aromatic N) is 1. The molecule has 0 atom stereocenters. The van der Waals surface area contributed by atoms with Gasteiger partial charge < -0.3 is 5.32 Å². The number of carbonyl (C=O) groups is 1. The highest BCUT2D eigenvalue weighted by Crippen LogP contribution is 2.17. The SMILES string of the molecule is CCN(C(=O)Nc1ccccc1F)c1ccccc1. The molecular weight excluding hydrogens is 243 g/mol. The van der Waals surface area contributed by atoms with E-state index in [1.165, 1.54) is 12.1 Å². The van der Waals surface area contributed by atoms with Crippen molar-refractivity contribution in [2.24, 2.45) is 0 Å². The van der Waals surface area contributed by atoms with Gasteiger partial charge in [-0.05, 0) is 31.2 Å². The summed E-state index contributed by atoms with van der Waals surface area (Å²) in [7, 11) is 0. The van der Waals surface area contributed by atoms with Gasteiger partial charge in [-0.3, -0.25) is 4.90 Å². The maximum Gasteiger partial charge on any atom is 0.326 e. The Morgan fingerprint density at radius 3 is 2.37 bits per heavy atom. The monoisotopic (exact) mass is 258 g/mol. The lowest BCUT2D eigenvalue weighted by Gasteiger charge is -2.21. The smallest absolute Gasteiger partial charge is 0.305 e. The molecule has 2 aromatic carbocycles. The van der Waals surface area contributed by atoms with E-state index in [1.54, 1.807) is 17.0 Å². The van der Waals surface area contributed by atoms with Crippen LogP contribution in [0.1, 0.15) is 6.92 Å². The minimum Gasteiger partial charge on any atom is -0.305 e. The van der Waals surface area contributed by atoms with Crippen LogP contribution in [0.4, 0.5) is 20.6 Å². The highest BCUT2D eigenvalue weighted by molar-refractivity contribution is 6.01. The van der Waals surface area contributed by atoms with Crippen molar-refractivity contribution in [3.8, 4) is 0 Å². The first-order valence-corrected chi connectivity index (χ1v) is 6.10. The van der Waals surface area contributed by atoms with Crippen LogP contribution in [0.15, 0.2) is 54.6 Å². The molecule has 0 heterocycles. The first-order valence-electron chi connectivity index (χ1n) is 6.10. The highest BCUT2D eigenvalue weighted by atomic mass is 19.1. The number of anilines is 2. The van der Waals surface area contributed by atoms with E-state index >= 15 is 0 Å². The summed E-state index contributed by atoms with van der Waals surface area (Å²) < 4.78 is 13.5. The van der Waals surface area contributed by atoms with Gasteiger partial charge in [0.2, 0.25) is 0 Å². The van der Waals surface area contributed by atoms with Gasteiger partial charge in [-0.2, -0.15) is 0 Å². The molecule has 0 saturated heterocycles. The Morgan fingerprint density at radius 2 is 1.74 bits per heavy atom. The Morgan fingerprint density at radius 1 is 1.11 bits per heavy atom. The van der Waals surface area contributed by atoms with E-state index in [2.05, 4.69) is 5.32 Å². The van der Waals surface area contributed by atoms with E-state index in [9.17, 15) is 9.18 Å². The summed E-state index contributed by atoms with van der Waals surface area (Å²) in [6.07, 6.45) is 0. The summed E-state index contributed by atoms with van der Waals surface area (Å²) >= 11 is 0. The van der Waals surface area contributed by atoms with Crippen LogP contribution < -0.4 is 10.2 Å². The van der Waals surface area contributed by atoms with Crippen molar-refractivity contribution in [1.82, 2.24) is 0 Å². The third-order valence-corrected chi connectivity index (χ3v) is 2.74. The molecule has 0 fully saturated rings. The van der Waals surface area contributed by atoms with Crippen molar-refractivity contribution in [1.29, 1.82) is 0 Å². The largest absolute Gasteiger partial charge is 0.326 e. The first-order chi connectivity index (χ1) is 9.22. The van der Waals surface area contributed by atoms with Gasteiger partial charge in [0, 0.05) is 12.2 Å². The molecule has 2 aromatic rings. The normalized spacial score (nSPS) is 10.0. The molecule has 98 valence electrons. The zero-order chi connectivity index (χ0) is 13.7. The van der Waals surface area contributed by atoms with Crippen LogP contribution in [-0.4, -0.2) is 12.6 Å². The van der Waals surface area contributed by atoms with Gasteiger partial charge in [-0.25, -0.2) is 9.18 Å². The minimum absolute atomic E-state index is 0.182. The van der Waals surface area contributed by atoms with Crippen LogP contribution in [-0.2, 0) is 0 Å². The Labute approximate surface area is 111 Å². The average Bonchev–Trinajstić information content (AvgIpc) is 2.43. The van der Waals surface area contributed by atoms with E-state index in [0.717, 1.165) is 5.69 Å². The highest BCUT2D eigenvalue weighted by Gasteiger charge is 2.14. The third kappa shape index (κ3) is 3.10. The second-order valence-electron chi connectivity index (χ2n) is 3.99. The second kappa shape index (κ2) is 6.00. The molecule has 0 aliphatic heterocycles. The Hall–Kier alpha value is -2.36. The molecule has 3 nitrogen and oxygen atoms in total. The number of carbonyl (C=O) groups excluding carboxylic acids is 1. The van der Waals surface area contributed by atoms with Crippen LogP contribution >= 0.6 is 0 Å². The lowest BCUT2D eigenvalue weighted by molar-refractivity contribution is 0.257. The topological polar surface area (TPSA) is 32.3 Å². The van der Waals surface area contributed by atoms with Gasteiger partial charge >= 0.3 is 6.03 Å². The molecule has 0 aliphatic carbocycles. The van der Waals surface area contributed by atoms with E-state index in [4.69, 9.17) is 0 Å². The lowest BCUT2D eigenvalue weighted by Crippen LogP contribution is -2.34. The van der Waals surface area contributed by atoms with Crippen molar-refractivity contribution in [3.63, 3.8) is 0 Å². The third-order valence-electron chi connectivity index (χ3n) is 2.74. The zero-order valence-corrected chi connectivity index (χ0v) is 10.6. The molecule has 1 N–H and O–H groups in total. The van der Waals surface area contributed by atoms with Crippen molar-refractivity contribution in [2.75, 3.05) is 16.8 Å². The van der Waals surface area contributed by atoms with Crippen LogP contribution in [0.3, 0.4) is 0 Å². The van der Waals surface area contributed by atoms with Gasteiger partial charge in [-0.1, -0.05) is 30.3 Å². The second-order valence-corrected chi connectivity index (χ2v) is 3.99. The molecule has 0 bridgehead atoms. The zero-order valence-electron chi connectivity index (χ0n) is 10.6. The molecule has 0 aromatic heterocycles. The Bertz CT molecular complexity index is 557. The molecule has 0 saturated carbocycles. The molecule has 0 aliphatic rings. The number of para-hydroxylation sites is 2. The molecule has 4 heteroatoms. The van der Waals surface area contributed by atoms with E-state index in [1.807, 2.05) is 37.3 Å². The lowest BCUT2D eigenvalue weighted by atomic mass is 10.3. The summed E-state index contributed by atoms with van der Waals surface area (Å²) in [6.45, 7) is 2.37. The quantitative estimate of drug-likeness (QED) is 0.890. The van der Waals surface area contributed by atoms with Gasteiger partial charge in [-0.15, -0.1) is 0 Å². The summed E-state index contributed by atoms with van der Waals surface area (Å²) in [5.41, 5.74) is 0.959. The van der Waals surface area contributed by atoms with E-state index in [-0.39, 0.29) is 11.7 Å². The molecule has 0 unspecified atom stereocenters. The van der Waals surface area contributed by atoms with E-state index in [0.29, 0.717) is 6.54 Å². The number of urea groups is 1. The minimum atomic E-state index is -0.444. The Balaban J connectivity index is 2.17. The fraction of sp³-hybridized carbons (Fsp3) is 0.133. The van der Waals surface area contributed by atoms with E-state index < -0.39 is 5.82 Å². The number of hydrogen-bond acceptors (Lipinski definition) is 1. The number of rotatable bonds is 3. The van der Waals surface area contributed by atoms with Crippen LogP contribution in [0.5, 0.6) is 0 Å². The number of halogens is 1. The van der Waals surface area contributed by atoms with Gasteiger partial charge in [0.25, 0.3) is 0 Å². The number of amides is 2. The Kier molecular flexibility index (Phi) is 4.13. The van der Waals surface area contributed by atoms with Gasteiger partial charge in [0.15, 0.2) is 0 Å². The predicted octanol–water partition coefficient (Wildman–Crippen LogP) is 3.88. The number of nitrogens with one attached hydrogen (secondary N) is 1. The van der Waals surface area contributed by atoms with Gasteiger partial charge in [0.1, 0.15) is 5.82 Å². The molecule has 0 radical (unpaired) electrons. The van der Waals surface area contributed by atoms with Crippen LogP contribution in [0.2, 0.25) is 0 Å². The maximum absolute atomic E-state index is 13.5. The average molecular weight is 258 g/mol. The number of hydrogen-bond donors (Lipinski definition) is 1. The summed E-state index contributed by atoms with van der Waals surface area (Å²) in [4.78, 5) is 13.7. The molecule has 2 rings (SSSR count). The maximum atomic E-state index is 13.5. The first kappa shape index (κ1) is 13.1. The predicted molar refractivity (Wildman–Crippen MR) is 74.9 cm³/mol. The standard InChI is InChI=1S/C15H15FN2O/c1-2-18(12-8-4-3-5-9-12)15(19)17-14-11-7-6-10-13(14)16/h3-11H,2H2,1H3,(H,17,19). The fourth-order valence-electron chi connectivity index (χ4n) is 1.80. The summed E-state index contributed by atoms with van der Waals surface area (Å²) in [5.74, 6) is -0.444. The molecule has 19 heavy (non-hydrogen) atoms. The van der Waals surface area contributed by atoms with Crippen LogP contribution in [0.25, 0.3) is 0 Å². The van der Waals surface area contributed by atoms with Crippen molar-refractivity contribution < 1.29 is 9.18 Å². The van der Waals surface area contributed by atoms with Crippen LogP contribution in [0, 0.1) is 5.82 Å². The van der Waals surface area contributed by atoms with Gasteiger partial charge in [0.05, 0.1) is 5.69 Å². The summed E-state index contributed by atoms with van der Waals surface area (Å²) in [5, 5.41) is 2.57. The summed E-state index contributed by atoms with van der Waals surface area (Å²) in [6, 6.07) is 15.0. The number of benzene rings is 2. The fourth-order valence-corrected chi connectivity index (χ4v) is 1.80. The molecule has 0 spiro atoms. The van der Waals surface area contributed by atoms with Crippen molar-refractivity contribution in [3.05, 3.63) is 60.4 Å². The molecular formula is C15H15FN2O.